The van der Waals surface area contributed by atoms with E-state index >= 15 is 0 Å². The van der Waals surface area contributed by atoms with Crippen molar-refractivity contribution in [1.29, 1.82) is 0 Å². The Balaban J connectivity index is 1.67. The van der Waals surface area contributed by atoms with E-state index < -0.39 is 0 Å². The Kier molecular flexibility index (Phi) is 7.90. The number of aryl methyl sites for hydroxylation is 1. The Labute approximate surface area is 179 Å². The number of anilines is 1. The van der Waals surface area contributed by atoms with Crippen LogP contribution in [0.1, 0.15) is 30.0 Å². The highest BCUT2D eigenvalue weighted by Gasteiger charge is 2.18. The van der Waals surface area contributed by atoms with Gasteiger partial charge in [-0.3, -0.25) is 0 Å². The average Bonchev–Trinajstić information content (AvgIpc) is 3.24. The van der Waals surface area contributed by atoms with E-state index in [4.69, 9.17) is 14.5 Å². The number of aliphatic imine (C=N–C) groups is 1. The summed E-state index contributed by atoms with van der Waals surface area (Å²) in [5.41, 5.74) is 3.41. The number of hydrogen-bond donors (Lipinski definition) is 2. The fourth-order valence-electron chi connectivity index (χ4n) is 3.20. The Morgan fingerprint density at radius 2 is 2.13 bits per heavy atom. The molecule has 0 spiro atoms. The lowest BCUT2D eigenvalue weighted by atomic mass is 10.1. The molecule has 0 saturated carbocycles. The fourth-order valence-corrected chi connectivity index (χ4v) is 3.20. The van der Waals surface area contributed by atoms with Crippen molar-refractivity contribution < 1.29 is 9.47 Å². The maximum atomic E-state index is 6.21. The minimum atomic E-state index is 0.130. The van der Waals surface area contributed by atoms with E-state index in [9.17, 15) is 0 Å². The number of nitrogens with zero attached hydrogens (tertiary/aromatic N) is 3. The zero-order chi connectivity index (χ0) is 21.3. The minimum absolute atomic E-state index is 0.130. The summed E-state index contributed by atoms with van der Waals surface area (Å²) < 4.78 is 11.7. The van der Waals surface area contributed by atoms with E-state index in [0.29, 0.717) is 19.7 Å². The van der Waals surface area contributed by atoms with Crippen molar-refractivity contribution >= 4 is 11.8 Å². The van der Waals surface area contributed by atoms with Gasteiger partial charge in [-0.05, 0) is 43.2 Å². The summed E-state index contributed by atoms with van der Waals surface area (Å²) in [4.78, 5) is 11.1. The van der Waals surface area contributed by atoms with Gasteiger partial charge in [-0.2, -0.15) is 0 Å². The molecular formula is C23H33N5O2. The van der Waals surface area contributed by atoms with Gasteiger partial charge in [0.05, 0.1) is 19.8 Å². The van der Waals surface area contributed by atoms with Crippen LogP contribution in [0.3, 0.4) is 0 Å². The highest BCUT2D eigenvalue weighted by atomic mass is 16.5. The van der Waals surface area contributed by atoms with Crippen LogP contribution in [0, 0.1) is 6.92 Å². The summed E-state index contributed by atoms with van der Waals surface area (Å²) in [7, 11) is 3.97. The average molecular weight is 412 g/mol. The molecule has 2 aromatic rings. The van der Waals surface area contributed by atoms with Gasteiger partial charge in [-0.15, -0.1) is 0 Å². The molecule has 30 heavy (non-hydrogen) atoms. The van der Waals surface area contributed by atoms with E-state index in [1.54, 1.807) is 0 Å². The van der Waals surface area contributed by atoms with E-state index in [-0.39, 0.29) is 6.10 Å². The van der Waals surface area contributed by atoms with Gasteiger partial charge in [0.25, 0.3) is 0 Å². The van der Waals surface area contributed by atoms with E-state index in [1.807, 2.05) is 31.3 Å². The van der Waals surface area contributed by atoms with Crippen molar-refractivity contribution in [1.82, 2.24) is 15.6 Å². The second kappa shape index (κ2) is 10.8. The molecule has 0 aliphatic carbocycles. The first-order chi connectivity index (χ1) is 14.5. The molecule has 0 bridgehead atoms. The molecule has 1 saturated heterocycles. The molecule has 162 valence electrons. The van der Waals surface area contributed by atoms with Crippen molar-refractivity contribution in [2.24, 2.45) is 4.99 Å². The highest BCUT2D eigenvalue weighted by molar-refractivity contribution is 5.79. The van der Waals surface area contributed by atoms with Gasteiger partial charge in [-0.1, -0.05) is 12.1 Å². The third kappa shape index (κ3) is 6.35. The second-order valence-corrected chi connectivity index (χ2v) is 7.68. The third-order valence-corrected chi connectivity index (χ3v) is 4.88. The van der Waals surface area contributed by atoms with Gasteiger partial charge in [0.1, 0.15) is 17.7 Å². The van der Waals surface area contributed by atoms with Crippen LogP contribution in [0.15, 0.2) is 41.5 Å². The van der Waals surface area contributed by atoms with E-state index in [0.717, 1.165) is 48.2 Å². The largest absolute Gasteiger partial charge is 0.488 e. The maximum absolute atomic E-state index is 6.21. The number of aromatic nitrogens is 1. The second-order valence-electron chi connectivity index (χ2n) is 7.68. The number of pyridine rings is 1. The van der Waals surface area contributed by atoms with Crippen molar-refractivity contribution in [3.05, 3.63) is 53.2 Å². The monoisotopic (exact) mass is 411 g/mol. The molecule has 1 atom stereocenters. The van der Waals surface area contributed by atoms with Gasteiger partial charge in [0, 0.05) is 45.4 Å². The highest BCUT2D eigenvalue weighted by Crippen LogP contribution is 2.23. The van der Waals surface area contributed by atoms with Crippen LogP contribution in [0.4, 0.5) is 5.82 Å². The summed E-state index contributed by atoms with van der Waals surface area (Å²) in [5.74, 6) is 2.62. The van der Waals surface area contributed by atoms with Crippen molar-refractivity contribution in [3.63, 3.8) is 0 Å². The predicted octanol–water partition coefficient (Wildman–Crippen LogP) is 2.88. The quantitative estimate of drug-likeness (QED) is 0.514. The van der Waals surface area contributed by atoms with Crippen LogP contribution in [0.2, 0.25) is 0 Å². The molecule has 1 fully saturated rings. The first-order valence-corrected chi connectivity index (χ1v) is 10.5. The van der Waals surface area contributed by atoms with Gasteiger partial charge in [-0.25, -0.2) is 9.98 Å². The molecule has 1 aliphatic heterocycles. The van der Waals surface area contributed by atoms with Crippen LogP contribution in [-0.2, 0) is 17.8 Å². The van der Waals surface area contributed by atoms with Crippen LogP contribution in [0.25, 0.3) is 0 Å². The standard InChI is InChI=1S/C23H33N5O2/c1-5-24-23(26-14-18-8-10-25-22(13-18)28(3)4)27-15-19-7-6-17(2)12-21(19)30-20-9-11-29-16-20/h6-8,10,12-13,20H,5,9,11,14-16H2,1-4H3,(H2,24,26,27). The van der Waals surface area contributed by atoms with Crippen molar-refractivity contribution in [2.75, 3.05) is 38.8 Å². The molecule has 3 rings (SSSR count). The lowest BCUT2D eigenvalue weighted by molar-refractivity contribution is 0.140. The molecule has 1 aliphatic rings. The number of ether oxygens (including phenoxy) is 2. The topological polar surface area (TPSA) is 71.0 Å². The molecule has 1 unspecified atom stereocenters. The van der Waals surface area contributed by atoms with Crippen LogP contribution >= 0.6 is 0 Å². The maximum Gasteiger partial charge on any atom is 0.191 e. The molecule has 2 N–H and O–H groups in total. The van der Waals surface area contributed by atoms with Gasteiger partial charge >= 0.3 is 0 Å². The van der Waals surface area contributed by atoms with Gasteiger partial charge in [0.2, 0.25) is 0 Å². The zero-order valence-electron chi connectivity index (χ0n) is 18.4. The van der Waals surface area contributed by atoms with Gasteiger partial charge < -0.3 is 25.0 Å². The lowest BCUT2D eigenvalue weighted by Gasteiger charge is -2.18. The first-order valence-electron chi connectivity index (χ1n) is 10.5. The predicted molar refractivity (Wildman–Crippen MR) is 121 cm³/mol. The fraction of sp³-hybridized carbons (Fsp3) is 0.478. The summed E-state index contributed by atoms with van der Waals surface area (Å²) >= 11 is 0. The minimum Gasteiger partial charge on any atom is -0.488 e. The van der Waals surface area contributed by atoms with Crippen LogP contribution in [0.5, 0.6) is 5.75 Å². The molecule has 1 aromatic carbocycles. The van der Waals surface area contributed by atoms with Crippen LogP contribution < -0.4 is 20.3 Å². The van der Waals surface area contributed by atoms with Gasteiger partial charge in [0.15, 0.2) is 5.96 Å². The number of nitrogens with one attached hydrogen (secondary N) is 2. The van der Waals surface area contributed by atoms with Crippen molar-refractivity contribution in [3.8, 4) is 5.75 Å². The Hall–Kier alpha value is -2.80. The first kappa shape index (κ1) is 21.9. The normalized spacial score (nSPS) is 16.4. The summed E-state index contributed by atoms with van der Waals surface area (Å²) in [5, 5.41) is 6.75. The lowest BCUT2D eigenvalue weighted by Crippen LogP contribution is -2.37. The number of rotatable bonds is 8. The Bertz CT molecular complexity index is 847. The molecule has 7 heteroatoms. The Morgan fingerprint density at radius 3 is 2.87 bits per heavy atom. The van der Waals surface area contributed by atoms with Crippen molar-refractivity contribution in [2.45, 2.75) is 39.5 Å². The SMILES string of the molecule is CCNC(=NCc1ccnc(N(C)C)c1)NCc1ccc(C)cc1OC1CCOC1. The summed E-state index contributed by atoms with van der Waals surface area (Å²) in [6, 6.07) is 10.4. The molecule has 0 amide bonds. The zero-order valence-corrected chi connectivity index (χ0v) is 18.4. The Morgan fingerprint density at radius 1 is 1.27 bits per heavy atom. The number of benzene rings is 1. The summed E-state index contributed by atoms with van der Waals surface area (Å²) in [6.45, 7) is 7.58. The molecule has 2 heterocycles. The molecular weight excluding hydrogens is 378 g/mol. The van der Waals surface area contributed by atoms with E-state index in [1.165, 1.54) is 5.56 Å². The molecule has 0 radical (unpaired) electrons. The van der Waals surface area contributed by atoms with E-state index in [2.05, 4.69) is 53.7 Å². The summed E-state index contributed by atoms with van der Waals surface area (Å²) in [6.07, 6.45) is 2.89. The number of guanidine groups is 1. The molecule has 1 aromatic heterocycles. The third-order valence-electron chi connectivity index (χ3n) is 4.88. The molecule has 7 nitrogen and oxygen atoms in total. The van der Waals surface area contributed by atoms with Crippen LogP contribution in [-0.4, -0.2) is 50.9 Å². The number of hydrogen-bond acceptors (Lipinski definition) is 5. The smallest absolute Gasteiger partial charge is 0.191 e.